The summed E-state index contributed by atoms with van der Waals surface area (Å²) < 4.78 is 5.16. The molecule has 17 heavy (non-hydrogen) atoms. The van der Waals surface area contributed by atoms with Crippen LogP contribution >= 0.6 is 0 Å². The maximum atomic E-state index is 11.8. The molecule has 1 N–H and O–H groups in total. The van der Waals surface area contributed by atoms with E-state index in [1.165, 1.54) is 19.3 Å². The summed E-state index contributed by atoms with van der Waals surface area (Å²) in [5.41, 5.74) is 0.893. The maximum Gasteiger partial charge on any atom is 0.287 e. The number of furan rings is 1. The fraction of sp³-hybridized carbons (Fsp3) is 0.643. The van der Waals surface area contributed by atoms with Crippen LogP contribution in [0.5, 0.6) is 0 Å². The predicted octanol–water partition coefficient (Wildman–Crippen LogP) is 3.53. The van der Waals surface area contributed by atoms with E-state index in [0.29, 0.717) is 11.7 Å². The van der Waals surface area contributed by atoms with Gasteiger partial charge in [0.05, 0.1) is 6.26 Å². The highest BCUT2D eigenvalue weighted by atomic mass is 16.3. The minimum atomic E-state index is -0.0950. The van der Waals surface area contributed by atoms with Gasteiger partial charge in [-0.3, -0.25) is 4.79 Å². The van der Waals surface area contributed by atoms with Crippen LogP contribution in [0.2, 0.25) is 0 Å². The molecule has 0 bridgehead atoms. The topological polar surface area (TPSA) is 42.2 Å². The average Bonchev–Trinajstić information content (AvgIpc) is 2.75. The van der Waals surface area contributed by atoms with Crippen LogP contribution in [-0.4, -0.2) is 12.5 Å². The first-order valence-corrected chi connectivity index (χ1v) is 6.51. The normalized spacial score (nSPS) is 12.4. The minimum absolute atomic E-state index is 0.0950. The van der Waals surface area contributed by atoms with E-state index in [-0.39, 0.29) is 5.91 Å². The lowest BCUT2D eigenvalue weighted by molar-refractivity contribution is 0.0917. The Hall–Kier alpha value is -1.25. The Morgan fingerprint density at radius 2 is 2.24 bits per heavy atom. The Balaban J connectivity index is 2.39. The number of aryl methyl sites for hydroxylation is 1. The number of unbranched alkanes of at least 4 members (excludes halogenated alkanes) is 1. The van der Waals surface area contributed by atoms with Gasteiger partial charge >= 0.3 is 0 Å². The quantitative estimate of drug-likeness (QED) is 0.788. The van der Waals surface area contributed by atoms with E-state index in [0.717, 1.165) is 18.5 Å². The lowest BCUT2D eigenvalue weighted by atomic mass is 9.99. The van der Waals surface area contributed by atoms with E-state index in [9.17, 15) is 4.79 Å². The third-order valence-electron chi connectivity index (χ3n) is 3.16. The lowest BCUT2D eigenvalue weighted by Crippen LogP contribution is -2.29. The van der Waals surface area contributed by atoms with Gasteiger partial charge in [0.1, 0.15) is 0 Å². The van der Waals surface area contributed by atoms with E-state index in [4.69, 9.17) is 4.42 Å². The van der Waals surface area contributed by atoms with Crippen molar-refractivity contribution in [2.75, 3.05) is 6.54 Å². The Bertz CT molecular complexity index is 344. The molecule has 0 radical (unpaired) electrons. The maximum absolute atomic E-state index is 11.8. The van der Waals surface area contributed by atoms with Crippen molar-refractivity contribution >= 4 is 5.91 Å². The van der Waals surface area contributed by atoms with Crippen LogP contribution < -0.4 is 5.32 Å². The smallest absolute Gasteiger partial charge is 0.287 e. The zero-order valence-electron chi connectivity index (χ0n) is 11.1. The molecule has 0 aliphatic heterocycles. The van der Waals surface area contributed by atoms with Gasteiger partial charge in [-0.2, -0.15) is 0 Å². The molecule has 0 aliphatic carbocycles. The lowest BCUT2D eigenvalue weighted by Gasteiger charge is -2.14. The number of carbonyl (C=O) groups excluding carboxylic acids is 1. The highest BCUT2D eigenvalue weighted by molar-refractivity contribution is 5.92. The van der Waals surface area contributed by atoms with Gasteiger partial charge in [0, 0.05) is 12.1 Å². The Morgan fingerprint density at radius 3 is 2.76 bits per heavy atom. The monoisotopic (exact) mass is 237 g/mol. The Kier molecular flexibility index (Phi) is 5.81. The van der Waals surface area contributed by atoms with Crippen LogP contribution in [0.1, 0.15) is 55.6 Å². The van der Waals surface area contributed by atoms with Crippen molar-refractivity contribution in [3.8, 4) is 0 Å². The molecular weight excluding hydrogens is 214 g/mol. The molecule has 1 amide bonds. The van der Waals surface area contributed by atoms with Crippen molar-refractivity contribution in [2.24, 2.45) is 5.92 Å². The second-order valence-corrected chi connectivity index (χ2v) is 4.56. The van der Waals surface area contributed by atoms with Crippen LogP contribution in [-0.2, 0) is 0 Å². The van der Waals surface area contributed by atoms with E-state index in [1.54, 1.807) is 6.26 Å². The third kappa shape index (κ3) is 4.25. The van der Waals surface area contributed by atoms with Crippen LogP contribution in [0, 0.1) is 12.8 Å². The zero-order chi connectivity index (χ0) is 12.7. The molecule has 1 unspecified atom stereocenters. The molecule has 0 saturated carbocycles. The summed E-state index contributed by atoms with van der Waals surface area (Å²) in [6, 6.07) is 1.81. The summed E-state index contributed by atoms with van der Waals surface area (Å²) in [7, 11) is 0. The molecular formula is C14H23NO2. The zero-order valence-corrected chi connectivity index (χ0v) is 11.1. The molecule has 1 aromatic rings. The van der Waals surface area contributed by atoms with E-state index in [1.807, 2.05) is 13.0 Å². The fourth-order valence-electron chi connectivity index (χ4n) is 1.87. The van der Waals surface area contributed by atoms with E-state index >= 15 is 0 Å². The van der Waals surface area contributed by atoms with Gasteiger partial charge in [0.25, 0.3) is 5.91 Å². The number of carbonyl (C=O) groups is 1. The van der Waals surface area contributed by atoms with Crippen molar-refractivity contribution < 1.29 is 9.21 Å². The Labute approximate surface area is 104 Å². The molecule has 1 aromatic heterocycles. The van der Waals surface area contributed by atoms with E-state index < -0.39 is 0 Å². The van der Waals surface area contributed by atoms with Crippen molar-refractivity contribution in [3.63, 3.8) is 0 Å². The standard InChI is InChI=1S/C14H23NO2/c1-4-6-7-12(5-2)10-15-14(16)13-11(3)8-9-17-13/h8-9,12H,4-7,10H2,1-3H3,(H,15,16). The minimum Gasteiger partial charge on any atom is -0.459 e. The summed E-state index contributed by atoms with van der Waals surface area (Å²) in [4.78, 5) is 11.8. The second kappa shape index (κ2) is 7.15. The molecule has 0 aliphatic rings. The summed E-state index contributed by atoms with van der Waals surface area (Å²) in [5.74, 6) is 0.923. The van der Waals surface area contributed by atoms with Gasteiger partial charge in [-0.15, -0.1) is 0 Å². The number of hydrogen-bond donors (Lipinski definition) is 1. The van der Waals surface area contributed by atoms with Gasteiger partial charge in [-0.1, -0.05) is 33.1 Å². The van der Waals surface area contributed by atoms with Gasteiger partial charge in [-0.25, -0.2) is 0 Å². The van der Waals surface area contributed by atoms with Crippen LogP contribution in [0.15, 0.2) is 16.7 Å². The molecule has 96 valence electrons. The van der Waals surface area contributed by atoms with Crippen LogP contribution in [0.4, 0.5) is 0 Å². The molecule has 1 rings (SSSR count). The van der Waals surface area contributed by atoms with E-state index in [2.05, 4.69) is 19.2 Å². The van der Waals surface area contributed by atoms with Crippen LogP contribution in [0.25, 0.3) is 0 Å². The predicted molar refractivity (Wildman–Crippen MR) is 69.1 cm³/mol. The highest BCUT2D eigenvalue weighted by Gasteiger charge is 2.14. The Morgan fingerprint density at radius 1 is 1.47 bits per heavy atom. The SMILES string of the molecule is CCCCC(CC)CNC(=O)c1occc1C. The van der Waals surface area contributed by atoms with Gasteiger partial charge in [-0.05, 0) is 25.3 Å². The molecule has 1 atom stereocenters. The second-order valence-electron chi connectivity index (χ2n) is 4.56. The molecule has 0 spiro atoms. The highest BCUT2D eigenvalue weighted by Crippen LogP contribution is 2.12. The summed E-state index contributed by atoms with van der Waals surface area (Å²) in [5, 5.41) is 2.95. The van der Waals surface area contributed by atoms with Crippen molar-refractivity contribution in [1.82, 2.24) is 5.32 Å². The van der Waals surface area contributed by atoms with Crippen molar-refractivity contribution in [2.45, 2.75) is 46.5 Å². The van der Waals surface area contributed by atoms with Gasteiger partial charge in [0.15, 0.2) is 5.76 Å². The molecule has 3 nitrogen and oxygen atoms in total. The molecule has 0 fully saturated rings. The fourth-order valence-corrected chi connectivity index (χ4v) is 1.87. The molecule has 0 saturated heterocycles. The summed E-state index contributed by atoms with van der Waals surface area (Å²) >= 11 is 0. The molecule has 0 aromatic carbocycles. The van der Waals surface area contributed by atoms with Crippen molar-refractivity contribution in [1.29, 1.82) is 0 Å². The summed E-state index contributed by atoms with van der Waals surface area (Å²) in [6.45, 7) is 6.99. The van der Waals surface area contributed by atoms with Gasteiger partial charge < -0.3 is 9.73 Å². The first kappa shape index (κ1) is 13.8. The summed E-state index contributed by atoms with van der Waals surface area (Å²) in [6.07, 6.45) is 6.29. The first-order valence-electron chi connectivity index (χ1n) is 6.51. The number of hydrogen-bond acceptors (Lipinski definition) is 2. The molecule has 1 heterocycles. The molecule has 3 heteroatoms. The van der Waals surface area contributed by atoms with Crippen molar-refractivity contribution in [3.05, 3.63) is 23.7 Å². The first-order chi connectivity index (χ1) is 8.19. The average molecular weight is 237 g/mol. The van der Waals surface area contributed by atoms with Crippen LogP contribution in [0.3, 0.4) is 0 Å². The van der Waals surface area contributed by atoms with Gasteiger partial charge in [0.2, 0.25) is 0 Å². The largest absolute Gasteiger partial charge is 0.459 e. The number of nitrogens with one attached hydrogen (secondary N) is 1. The number of rotatable bonds is 7. The third-order valence-corrected chi connectivity index (χ3v) is 3.16. The number of amides is 1.